The lowest BCUT2D eigenvalue weighted by Gasteiger charge is -2.40. The first kappa shape index (κ1) is 14.9. The molecule has 4 atom stereocenters. The average molecular weight is 242 g/mol. The number of hydrogen-bond donors (Lipinski definition) is 2. The van der Waals surface area contributed by atoms with Crippen LogP contribution >= 0.6 is 0 Å². The molecule has 102 valence electrons. The van der Waals surface area contributed by atoms with Gasteiger partial charge in [0.2, 0.25) is 0 Å². The maximum Gasteiger partial charge on any atom is 0.0456 e. The van der Waals surface area contributed by atoms with Crippen LogP contribution < -0.4 is 5.32 Å². The van der Waals surface area contributed by atoms with E-state index in [4.69, 9.17) is 5.11 Å². The number of rotatable bonds is 6. The topological polar surface area (TPSA) is 35.5 Å². The molecule has 0 amide bonds. The number of likely N-dealkylation sites (tertiary alicyclic amines) is 1. The molecule has 0 radical (unpaired) electrons. The second kappa shape index (κ2) is 7.34. The van der Waals surface area contributed by atoms with Crippen molar-refractivity contribution < 1.29 is 5.11 Å². The Kier molecular flexibility index (Phi) is 6.45. The molecule has 1 aliphatic rings. The van der Waals surface area contributed by atoms with Crippen LogP contribution in [0.1, 0.15) is 40.0 Å². The third-order valence-corrected chi connectivity index (χ3v) is 4.20. The largest absolute Gasteiger partial charge is 0.396 e. The van der Waals surface area contributed by atoms with Gasteiger partial charge in [0, 0.05) is 25.2 Å². The molecule has 0 aliphatic carbocycles. The molecular weight excluding hydrogens is 212 g/mol. The number of piperidine rings is 1. The Balaban J connectivity index is 2.18. The third kappa shape index (κ3) is 4.94. The molecule has 0 bridgehead atoms. The Bertz CT molecular complexity index is 210. The van der Waals surface area contributed by atoms with E-state index in [1.807, 2.05) is 0 Å². The van der Waals surface area contributed by atoms with Crippen LogP contribution in [0.5, 0.6) is 0 Å². The fraction of sp³-hybridized carbons (Fsp3) is 1.00. The highest BCUT2D eigenvalue weighted by molar-refractivity contribution is 4.85. The van der Waals surface area contributed by atoms with E-state index in [0.29, 0.717) is 24.6 Å². The summed E-state index contributed by atoms with van der Waals surface area (Å²) in [6.45, 7) is 9.38. The predicted molar refractivity (Wildman–Crippen MR) is 73.1 cm³/mol. The van der Waals surface area contributed by atoms with Gasteiger partial charge < -0.3 is 15.3 Å². The van der Waals surface area contributed by atoms with Gasteiger partial charge in [-0.2, -0.15) is 0 Å². The summed E-state index contributed by atoms with van der Waals surface area (Å²) in [6, 6.07) is 1.37. The fourth-order valence-corrected chi connectivity index (χ4v) is 2.65. The van der Waals surface area contributed by atoms with Crippen molar-refractivity contribution in [3.8, 4) is 0 Å². The van der Waals surface area contributed by atoms with Crippen LogP contribution in [0.2, 0.25) is 0 Å². The quantitative estimate of drug-likeness (QED) is 0.696. The predicted octanol–water partition coefficient (Wildman–Crippen LogP) is 1.71. The molecular formula is C14H30N2O. The van der Waals surface area contributed by atoms with E-state index in [2.05, 4.69) is 38.0 Å². The molecule has 0 spiro atoms. The summed E-state index contributed by atoms with van der Waals surface area (Å²) >= 11 is 0. The normalized spacial score (nSPS) is 32.6. The van der Waals surface area contributed by atoms with Gasteiger partial charge in [-0.15, -0.1) is 0 Å². The van der Waals surface area contributed by atoms with Gasteiger partial charge in [0.15, 0.2) is 0 Å². The minimum Gasteiger partial charge on any atom is -0.396 e. The van der Waals surface area contributed by atoms with Crippen molar-refractivity contribution in [3.63, 3.8) is 0 Å². The number of nitrogens with zero attached hydrogens (tertiary/aromatic N) is 1. The molecule has 0 aromatic carbocycles. The summed E-state index contributed by atoms with van der Waals surface area (Å²) in [6.07, 6.45) is 3.56. The van der Waals surface area contributed by atoms with Crippen molar-refractivity contribution in [2.75, 3.05) is 26.7 Å². The van der Waals surface area contributed by atoms with Gasteiger partial charge >= 0.3 is 0 Å². The highest BCUT2D eigenvalue weighted by Gasteiger charge is 2.28. The Hall–Kier alpha value is -0.120. The van der Waals surface area contributed by atoms with Gasteiger partial charge in [-0.1, -0.05) is 13.8 Å². The highest BCUT2D eigenvalue weighted by atomic mass is 16.3. The van der Waals surface area contributed by atoms with Crippen molar-refractivity contribution in [2.45, 2.75) is 52.1 Å². The molecule has 3 heteroatoms. The molecule has 4 unspecified atom stereocenters. The Morgan fingerprint density at radius 2 is 2.12 bits per heavy atom. The molecule has 1 saturated heterocycles. The van der Waals surface area contributed by atoms with E-state index in [-0.39, 0.29) is 0 Å². The number of nitrogens with one attached hydrogen (secondary N) is 1. The minimum atomic E-state index is 0.321. The van der Waals surface area contributed by atoms with Crippen molar-refractivity contribution in [3.05, 3.63) is 0 Å². The van der Waals surface area contributed by atoms with Crippen LogP contribution in [-0.2, 0) is 0 Å². The lowest BCUT2D eigenvalue weighted by atomic mass is 9.90. The van der Waals surface area contributed by atoms with Gasteiger partial charge in [0.1, 0.15) is 0 Å². The summed E-state index contributed by atoms with van der Waals surface area (Å²) in [4.78, 5) is 2.46. The van der Waals surface area contributed by atoms with E-state index in [1.54, 1.807) is 0 Å². The smallest absolute Gasteiger partial charge is 0.0456 e. The van der Waals surface area contributed by atoms with Crippen LogP contribution in [0.25, 0.3) is 0 Å². The van der Waals surface area contributed by atoms with Gasteiger partial charge in [-0.3, -0.25) is 0 Å². The molecule has 0 aromatic heterocycles. The summed E-state index contributed by atoms with van der Waals surface area (Å²) in [5.74, 6) is 1.19. The number of aliphatic hydroxyl groups excluding tert-OH is 1. The monoisotopic (exact) mass is 242 g/mol. The molecule has 1 aliphatic heterocycles. The van der Waals surface area contributed by atoms with Crippen molar-refractivity contribution in [1.29, 1.82) is 0 Å². The summed E-state index contributed by atoms with van der Waals surface area (Å²) in [5, 5.41) is 12.7. The Morgan fingerprint density at radius 3 is 2.76 bits per heavy atom. The van der Waals surface area contributed by atoms with Gasteiger partial charge in [-0.25, -0.2) is 0 Å². The SMILES string of the molecule is CC(CO)CCCNC1CC(C)N(C)CC1C. The molecule has 1 fully saturated rings. The standard InChI is InChI=1S/C14H30N2O/c1-11(10-17)6-5-7-15-14-8-13(3)16(4)9-12(14)2/h11-15,17H,5-10H2,1-4H3. The van der Waals surface area contributed by atoms with Crippen molar-refractivity contribution in [1.82, 2.24) is 10.2 Å². The van der Waals surface area contributed by atoms with Crippen LogP contribution in [-0.4, -0.2) is 48.8 Å². The molecule has 1 heterocycles. The molecule has 0 saturated carbocycles. The Morgan fingerprint density at radius 1 is 1.41 bits per heavy atom. The first-order valence-corrected chi connectivity index (χ1v) is 7.09. The lowest BCUT2D eigenvalue weighted by molar-refractivity contribution is 0.121. The maximum absolute atomic E-state index is 8.96. The maximum atomic E-state index is 8.96. The Labute approximate surface area is 107 Å². The van der Waals surface area contributed by atoms with E-state index < -0.39 is 0 Å². The van der Waals surface area contributed by atoms with E-state index in [9.17, 15) is 0 Å². The van der Waals surface area contributed by atoms with Crippen LogP contribution in [0.15, 0.2) is 0 Å². The van der Waals surface area contributed by atoms with Crippen molar-refractivity contribution in [2.24, 2.45) is 11.8 Å². The zero-order valence-electron chi connectivity index (χ0n) is 11.9. The summed E-state index contributed by atoms with van der Waals surface area (Å²) < 4.78 is 0. The summed E-state index contributed by atoms with van der Waals surface area (Å²) in [5.41, 5.74) is 0. The van der Waals surface area contributed by atoms with Gasteiger partial charge in [0.25, 0.3) is 0 Å². The molecule has 3 nitrogen and oxygen atoms in total. The molecule has 1 rings (SSSR count). The average Bonchev–Trinajstić information content (AvgIpc) is 2.30. The molecule has 17 heavy (non-hydrogen) atoms. The van der Waals surface area contributed by atoms with Gasteiger partial charge in [0.05, 0.1) is 0 Å². The van der Waals surface area contributed by atoms with Crippen LogP contribution in [0.4, 0.5) is 0 Å². The fourth-order valence-electron chi connectivity index (χ4n) is 2.65. The molecule has 2 N–H and O–H groups in total. The number of aliphatic hydroxyl groups is 1. The van der Waals surface area contributed by atoms with E-state index in [1.165, 1.54) is 19.4 Å². The second-order valence-corrected chi connectivity index (χ2v) is 5.99. The van der Waals surface area contributed by atoms with E-state index >= 15 is 0 Å². The summed E-state index contributed by atoms with van der Waals surface area (Å²) in [7, 11) is 2.22. The van der Waals surface area contributed by atoms with Gasteiger partial charge in [-0.05, 0) is 51.6 Å². The first-order valence-electron chi connectivity index (χ1n) is 7.09. The molecule has 0 aromatic rings. The zero-order chi connectivity index (χ0) is 12.8. The van der Waals surface area contributed by atoms with Crippen molar-refractivity contribution >= 4 is 0 Å². The lowest BCUT2D eigenvalue weighted by Crippen LogP contribution is -2.51. The minimum absolute atomic E-state index is 0.321. The zero-order valence-corrected chi connectivity index (χ0v) is 11.9. The van der Waals surface area contributed by atoms with Crippen LogP contribution in [0.3, 0.4) is 0 Å². The highest BCUT2D eigenvalue weighted by Crippen LogP contribution is 2.20. The second-order valence-electron chi connectivity index (χ2n) is 5.99. The third-order valence-electron chi connectivity index (χ3n) is 4.20. The first-order chi connectivity index (χ1) is 8.04. The number of hydrogen-bond acceptors (Lipinski definition) is 3. The van der Waals surface area contributed by atoms with E-state index in [0.717, 1.165) is 18.9 Å². The van der Waals surface area contributed by atoms with Crippen LogP contribution in [0, 0.1) is 11.8 Å².